The monoisotopic (exact) mass is 323 g/mol. The Kier molecular flexibility index (Phi) is 4.95. The second-order valence-electron chi connectivity index (χ2n) is 5.07. The van der Waals surface area contributed by atoms with Gasteiger partial charge in [0.15, 0.2) is 0 Å². The van der Waals surface area contributed by atoms with Crippen molar-refractivity contribution in [3.63, 3.8) is 0 Å². The zero-order valence-corrected chi connectivity index (χ0v) is 12.4. The lowest BCUT2D eigenvalue weighted by molar-refractivity contribution is -0.137. The summed E-state index contributed by atoms with van der Waals surface area (Å²) >= 11 is 0. The highest BCUT2D eigenvalue weighted by atomic mass is 19.4. The molecule has 122 valence electrons. The Morgan fingerprint density at radius 3 is 2.39 bits per heavy atom. The average Bonchev–Trinajstić information content (AvgIpc) is 2.49. The number of rotatable bonds is 5. The average molecular weight is 323 g/mol. The summed E-state index contributed by atoms with van der Waals surface area (Å²) in [6, 6.07) is 9.71. The minimum atomic E-state index is -4.34. The number of phenols is 1. The smallest absolute Gasteiger partial charge is 0.416 e. The highest BCUT2D eigenvalue weighted by molar-refractivity contribution is 5.62. The van der Waals surface area contributed by atoms with Crippen LogP contribution in [0.5, 0.6) is 5.75 Å². The largest absolute Gasteiger partial charge is 0.508 e. The molecule has 0 bridgehead atoms. The summed E-state index contributed by atoms with van der Waals surface area (Å²) in [4.78, 5) is 5.24. The van der Waals surface area contributed by atoms with Crippen molar-refractivity contribution in [3.05, 3.63) is 71.3 Å². The summed E-state index contributed by atoms with van der Waals surface area (Å²) in [5.74, 6) is 0.187. The van der Waals surface area contributed by atoms with E-state index in [1.54, 1.807) is 25.1 Å². The molecule has 0 fully saturated rings. The molecule has 0 radical (unpaired) electrons. The van der Waals surface area contributed by atoms with E-state index >= 15 is 0 Å². The molecule has 0 aromatic heterocycles. The summed E-state index contributed by atoms with van der Waals surface area (Å²) in [6.45, 7) is 5.66. The van der Waals surface area contributed by atoms with Gasteiger partial charge in [-0.25, -0.2) is 0 Å². The van der Waals surface area contributed by atoms with Gasteiger partial charge in [-0.05, 0) is 53.9 Å². The fraction of sp³-hybridized carbons (Fsp3) is 0.176. The first-order chi connectivity index (χ1) is 10.8. The molecule has 0 unspecified atom stereocenters. The van der Waals surface area contributed by atoms with Gasteiger partial charge in [0, 0.05) is 0 Å². The zero-order valence-electron chi connectivity index (χ0n) is 12.4. The number of nitrogens with one attached hydrogen (secondary N) is 1. The van der Waals surface area contributed by atoms with Crippen LogP contribution in [0.3, 0.4) is 0 Å². The predicted octanol–water partition coefficient (Wildman–Crippen LogP) is 4.41. The van der Waals surface area contributed by atoms with E-state index in [-0.39, 0.29) is 12.4 Å². The van der Waals surface area contributed by atoms with Gasteiger partial charge in [0.2, 0.25) is 0 Å². The summed E-state index contributed by atoms with van der Waals surface area (Å²) in [6.07, 6.45) is -4.34. The molecule has 2 aromatic rings. The lowest BCUT2D eigenvalue weighted by Crippen LogP contribution is -2.12. The third-order valence-electron chi connectivity index (χ3n) is 3.26. The number of hydrogen-bond donors (Lipinski definition) is 2. The zero-order chi connectivity index (χ0) is 17.0. The van der Waals surface area contributed by atoms with E-state index in [1.165, 1.54) is 12.1 Å². The lowest BCUT2D eigenvalue weighted by Gasteiger charge is -2.12. The van der Waals surface area contributed by atoms with Gasteiger partial charge in [0.25, 0.3) is 0 Å². The molecular weight excluding hydrogens is 307 g/mol. The third-order valence-corrected chi connectivity index (χ3v) is 3.26. The molecule has 0 aliphatic heterocycles. The predicted molar refractivity (Wildman–Crippen MR) is 81.2 cm³/mol. The molecule has 0 aliphatic carbocycles. The molecule has 23 heavy (non-hydrogen) atoms. The number of hydroxylamine groups is 1. The van der Waals surface area contributed by atoms with Crippen molar-refractivity contribution in [1.82, 2.24) is 5.48 Å². The second-order valence-corrected chi connectivity index (χ2v) is 5.07. The van der Waals surface area contributed by atoms with E-state index in [2.05, 4.69) is 12.1 Å². The Morgan fingerprint density at radius 2 is 1.83 bits per heavy atom. The van der Waals surface area contributed by atoms with Crippen LogP contribution in [-0.2, 0) is 17.6 Å². The van der Waals surface area contributed by atoms with Gasteiger partial charge in [-0.3, -0.25) is 10.3 Å². The Labute approximate surface area is 132 Å². The Balaban J connectivity index is 1.89. The van der Waals surface area contributed by atoms with Gasteiger partial charge in [0.1, 0.15) is 5.75 Å². The number of aryl methyl sites for hydroxylation is 1. The van der Waals surface area contributed by atoms with E-state index in [4.69, 9.17) is 4.84 Å². The molecule has 2 aromatic carbocycles. The number of phenolic OH excluding ortho intramolecular Hbond substituents is 1. The highest BCUT2D eigenvalue weighted by Crippen LogP contribution is 2.29. The van der Waals surface area contributed by atoms with E-state index in [1.807, 2.05) is 0 Å². The molecule has 0 heterocycles. The normalized spacial score (nSPS) is 11.3. The van der Waals surface area contributed by atoms with Crippen LogP contribution >= 0.6 is 0 Å². The van der Waals surface area contributed by atoms with Gasteiger partial charge in [0.05, 0.1) is 17.9 Å². The van der Waals surface area contributed by atoms with Crippen LogP contribution in [0.15, 0.2) is 49.0 Å². The molecule has 0 aliphatic rings. The molecule has 0 atom stereocenters. The van der Waals surface area contributed by atoms with Crippen molar-refractivity contribution in [2.75, 3.05) is 0 Å². The van der Waals surface area contributed by atoms with Crippen LogP contribution in [0, 0.1) is 6.92 Å². The van der Waals surface area contributed by atoms with Crippen LogP contribution < -0.4 is 5.48 Å². The van der Waals surface area contributed by atoms with Gasteiger partial charge < -0.3 is 5.11 Å². The van der Waals surface area contributed by atoms with Crippen LogP contribution in [0.1, 0.15) is 22.3 Å². The number of halogens is 3. The summed E-state index contributed by atoms with van der Waals surface area (Å²) < 4.78 is 37.4. The topological polar surface area (TPSA) is 41.5 Å². The first kappa shape index (κ1) is 16.9. The first-order valence-electron chi connectivity index (χ1n) is 6.80. The van der Waals surface area contributed by atoms with Gasteiger partial charge in [-0.15, -0.1) is 0 Å². The Hall–Kier alpha value is -2.47. The molecule has 6 heteroatoms. The minimum Gasteiger partial charge on any atom is -0.508 e. The van der Waals surface area contributed by atoms with Crippen molar-refractivity contribution in [2.45, 2.75) is 19.7 Å². The maximum absolute atomic E-state index is 12.5. The number of hydrogen-bond acceptors (Lipinski definition) is 3. The lowest BCUT2D eigenvalue weighted by atomic mass is 10.1. The number of aromatic hydroxyl groups is 1. The Morgan fingerprint density at radius 1 is 1.17 bits per heavy atom. The molecule has 0 spiro atoms. The second kappa shape index (κ2) is 6.75. The third kappa shape index (κ3) is 4.50. The fourth-order valence-corrected chi connectivity index (χ4v) is 1.90. The minimum absolute atomic E-state index is 0.0915. The van der Waals surface area contributed by atoms with Crippen molar-refractivity contribution in [3.8, 4) is 5.75 Å². The molecule has 3 nitrogen and oxygen atoms in total. The van der Waals surface area contributed by atoms with E-state index in [0.717, 1.165) is 17.7 Å². The molecule has 0 saturated heterocycles. The van der Waals surface area contributed by atoms with Crippen LogP contribution in [0.2, 0.25) is 0 Å². The fourth-order valence-electron chi connectivity index (χ4n) is 1.90. The molecule has 2 rings (SSSR count). The summed E-state index contributed by atoms with van der Waals surface area (Å²) in [5, 5.41) is 9.47. The van der Waals surface area contributed by atoms with Gasteiger partial charge >= 0.3 is 6.18 Å². The molecule has 0 amide bonds. The number of benzene rings is 2. The number of alkyl halides is 3. The maximum atomic E-state index is 12.5. The molecule has 0 saturated carbocycles. The van der Waals surface area contributed by atoms with Crippen LogP contribution in [-0.4, -0.2) is 5.11 Å². The standard InChI is InChI=1S/C17H16F3NO2/c1-11-9-14(5-8-16(11)22)12(2)21-23-10-13-3-6-15(7-4-13)17(18,19)20/h3-9,21-22H,2,10H2,1H3. The van der Waals surface area contributed by atoms with E-state index in [0.29, 0.717) is 16.8 Å². The Bertz CT molecular complexity index is 694. The quantitative estimate of drug-likeness (QED) is 0.801. The van der Waals surface area contributed by atoms with Crippen molar-refractivity contribution in [2.24, 2.45) is 0 Å². The van der Waals surface area contributed by atoms with Crippen molar-refractivity contribution >= 4 is 5.70 Å². The van der Waals surface area contributed by atoms with Crippen LogP contribution in [0.4, 0.5) is 13.2 Å². The van der Waals surface area contributed by atoms with Crippen LogP contribution in [0.25, 0.3) is 5.70 Å². The van der Waals surface area contributed by atoms with Gasteiger partial charge in [-0.1, -0.05) is 18.7 Å². The van der Waals surface area contributed by atoms with E-state index < -0.39 is 11.7 Å². The molecular formula is C17H16F3NO2. The molecule has 2 N–H and O–H groups in total. The van der Waals surface area contributed by atoms with Crippen molar-refractivity contribution in [1.29, 1.82) is 0 Å². The SMILES string of the molecule is C=C(NOCc1ccc(C(F)(F)F)cc1)c1ccc(O)c(C)c1. The summed E-state index contributed by atoms with van der Waals surface area (Å²) in [5.41, 5.74) is 4.47. The first-order valence-corrected chi connectivity index (χ1v) is 6.80. The van der Waals surface area contributed by atoms with Crippen molar-refractivity contribution < 1.29 is 23.1 Å². The van der Waals surface area contributed by atoms with Gasteiger partial charge in [-0.2, -0.15) is 13.2 Å². The summed E-state index contributed by atoms with van der Waals surface area (Å²) in [7, 11) is 0. The van der Waals surface area contributed by atoms with E-state index in [9.17, 15) is 18.3 Å². The highest BCUT2D eigenvalue weighted by Gasteiger charge is 2.29. The maximum Gasteiger partial charge on any atom is 0.416 e.